The van der Waals surface area contributed by atoms with E-state index in [2.05, 4.69) is 198 Å². The SMILES string of the molecule is Cc1ccccc1N1c2cccc(c2)C(C)(C)c2cccc(c2)N(c2ccccc2C)c2cc1c1ccc3cc(C(C)(C)C)cc4ccc2c1c34. The van der Waals surface area contributed by atoms with Gasteiger partial charge in [-0.15, -0.1) is 0 Å². The molecular weight excluding hydrogens is 617 g/mol. The van der Waals surface area contributed by atoms with Gasteiger partial charge in [-0.05, 0) is 106 Å². The van der Waals surface area contributed by atoms with E-state index in [1.54, 1.807) is 0 Å². The van der Waals surface area contributed by atoms with Crippen LogP contribution in [0, 0.1) is 13.8 Å². The Labute approximate surface area is 301 Å². The lowest BCUT2D eigenvalue weighted by atomic mass is 9.77. The van der Waals surface area contributed by atoms with E-state index in [0.29, 0.717) is 0 Å². The molecule has 1 aliphatic rings. The van der Waals surface area contributed by atoms with Crippen LogP contribution >= 0.6 is 0 Å². The minimum Gasteiger partial charge on any atom is -0.310 e. The second-order valence-electron chi connectivity index (χ2n) is 16.0. The Morgan fingerprint density at radius 1 is 0.451 bits per heavy atom. The van der Waals surface area contributed by atoms with E-state index in [1.165, 1.54) is 82.9 Å². The maximum atomic E-state index is 2.51. The van der Waals surface area contributed by atoms with Gasteiger partial charge >= 0.3 is 0 Å². The summed E-state index contributed by atoms with van der Waals surface area (Å²) in [5, 5.41) is 7.70. The van der Waals surface area contributed by atoms with Crippen LogP contribution in [0.15, 0.2) is 140 Å². The highest BCUT2D eigenvalue weighted by Gasteiger charge is 2.30. The van der Waals surface area contributed by atoms with Crippen molar-refractivity contribution in [3.63, 3.8) is 0 Å². The molecule has 1 heterocycles. The van der Waals surface area contributed by atoms with Crippen molar-refractivity contribution < 1.29 is 0 Å². The van der Waals surface area contributed by atoms with Gasteiger partial charge < -0.3 is 9.80 Å². The Morgan fingerprint density at radius 2 is 0.922 bits per heavy atom. The van der Waals surface area contributed by atoms with Gasteiger partial charge in [-0.25, -0.2) is 0 Å². The van der Waals surface area contributed by atoms with Gasteiger partial charge in [0.15, 0.2) is 0 Å². The number of nitrogens with zero attached hydrogens (tertiary/aromatic N) is 2. The molecule has 8 aromatic rings. The van der Waals surface area contributed by atoms with Crippen LogP contribution in [0.3, 0.4) is 0 Å². The molecule has 0 aromatic heterocycles. The largest absolute Gasteiger partial charge is 0.310 e. The van der Waals surface area contributed by atoms with E-state index < -0.39 is 0 Å². The van der Waals surface area contributed by atoms with Gasteiger partial charge in [-0.1, -0.05) is 132 Å². The van der Waals surface area contributed by atoms with Crippen LogP contribution in [0.1, 0.15) is 62.4 Å². The Bertz CT molecular complexity index is 2470. The van der Waals surface area contributed by atoms with Crippen LogP contribution in [-0.4, -0.2) is 0 Å². The van der Waals surface area contributed by atoms with Crippen LogP contribution in [0.2, 0.25) is 0 Å². The summed E-state index contributed by atoms with van der Waals surface area (Å²) in [7, 11) is 0. The Kier molecular flexibility index (Phi) is 6.89. The fourth-order valence-corrected chi connectivity index (χ4v) is 8.36. The van der Waals surface area contributed by atoms with Gasteiger partial charge in [-0.3, -0.25) is 0 Å². The van der Waals surface area contributed by atoms with Crippen LogP contribution in [-0.2, 0) is 10.8 Å². The maximum absolute atomic E-state index is 2.51. The third kappa shape index (κ3) is 4.84. The Morgan fingerprint density at radius 3 is 1.37 bits per heavy atom. The molecule has 2 nitrogen and oxygen atoms in total. The van der Waals surface area contributed by atoms with E-state index in [0.717, 1.165) is 11.4 Å². The molecule has 0 atom stereocenters. The van der Waals surface area contributed by atoms with Crippen molar-refractivity contribution >= 4 is 66.4 Å². The van der Waals surface area contributed by atoms with Gasteiger partial charge in [0.05, 0.1) is 11.4 Å². The number of hydrogen-bond donors (Lipinski definition) is 0. The second kappa shape index (κ2) is 11.2. The molecule has 51 heavy (non-hydrogen) atoms. The minimum absolute atomic E-state index is 0.0433. The minimum atomic E-state index is -0.236. The quantitative estimate of drug-likeness (QED) is 0.170. The van der Waals surface area contributed by atoms with E-state index in [4.69, 9.17) is 0 Å². The first-order valence-electron chi connectivity index (χ1n) is 18.2. The van der Waals surface area contributed by atoms with Crippen molar-refractivity contribution in [3.8, 4) is 0 Å². The van der Waals surface area contributed by atoms with Crippen molar-refractivity contribution in [2.24, 2.45) is 0 Å². The molecular formula is C49H44N2. The van der Waals surface area contributed by atoms with E-state index in [-0.39, 0.29) is 10.8 Å². The number of anilines is 6. The predicted molar refractivity (Wildman–Crippen MR) is 220 cm³/mol. The molecule has 0 radical (unpaired) electrons. The molecule has 0 spiro atoms. The third-order valence-electron chi connectivity index (χ3n) is 11.4. The van der Waals surface area contributed by atoms with Gasteiger partial charge in [0.25, 0.3) is 0 Å². The summed E-state index contributed by atoms with van der Waals surface area (Å²) < 4.78 is 0. The molecule has 0 fully saturated rings. The van der Waals surface area contributed by atoms with E-state index in [1.807, 2.05) is 0 Å². The van der Waals surface area contributed by atoms with E-state index in [9.17, 15) is 0 Å². The van der Waals surface area contributed by atoms with Gasteiger partial charge in [0, 0.05) is 44.3 Å². The highest BCUT2D eigenvalue weighted by atomic mass is 15.2. The van der Waals surface area contributed by atoms with Crippen molar-refractivity contribution in [1.82, 2.24) is 0 Å². The molecule has 8 aromatic carbocycles. The van der Waals surface area contributed by atoms with Crippen molar-refractivity contribution in [3.05, 3.63) is 167 Å². The molecule has 250 valence electrons. The third-order valence-corrected chi connectivity index (χ3v) is 11.4. The normalized spacial score (nSPS) is 14.3. The zero-order chi connectivity index (χ0) is 35.2. The van der Waals surface area contributed by atoms with Crippen LogP contribution in [0.4, 0.5) is 34.1 Å². The zero-order valence-electron chi connectivity index (χ0n) is 30.7. The molecule has 0 aliphatic carbocycles. The highest BCUT2D eigenvalue weighted by molar-refractivity contribution is 6.29. The number of benzene rings is 8. The van der Waals surface area contributed by atoms with Crippen LogP contribution in [0.5, 0.6) is 0 Å². The second-order valence-corrected chi connectivity index (χ2v) is 16.0. The summed E-state index contributed by atoms with van der Waals surface area (Å²) in [6.07, 6.45) is 0. The first kappa shape index (κ1) is 31.4. The van der Waals surface area contributed by atoms with Gasteiger partial charge in [0.1, 0.15) is 0 Å². The first-order chi connectivity index (χ1) is 24.5. The summed E-state index contributed by atoms with van der Waals surface area (Å²) in [5.41, 5.74) is 13.2. The summed E-state index contributed by atoms with van der Waals surface area (Å²) in [6.45, 7) is 16.1. The number of hydrogen-bond acceptors (Lipinski definition) is 2. The summed E-state index contributed by atoms with van der Waals surface area (Å²) in [6, 6.07) is 52.8. The molecule has 0 saturated heterocycles. The van der Waals surface area contributed by atoms with Gasteiger partial charge in [0.2, 0.25) is 0 Å². The average molecular weight is 661 g/mol. The molecule has 0 amide bonds. The molecule has 0 unspecified atom stereocenters. The summed E-state index contributed by atoms with van der Waals surface area (Å²) in [4.78, 5) is 5.02. The van der Waals surface area contributed by atoms with Crippen LogP contribution in [0.25, 0.3) is 32.3 Å². The molecule has 6 bridgehead atoms. The topological polar surface area (TPSA) is 6.48 Å². The standard InChI is InChI=1S/C49H44N2/c1-31-14-8-10-20-42(31)50-38-18-12-16-35(28-38)49(6,7)36-17-13-19-39(29-36)51(43-21-11-9-15-32(43)2)45-30-44(50)40-24-22-33-26-37(48(3,4)5)27-34-23-25-41(45)47(40)46(33)34/h8-30H,1-7H3. The van der Waals surface area contributed by atoms with Crippen molar-refractivity contribution in [2.75, 3.05) is 9.80 Å². The maximum Gasteiger partial charge on any atom is 0.0561 e. The fourth-order valence-electron chi connectivity index (χ4n) is 8.36. The van der Waals surface area contributed by atoms with Crippen LogP contribution < -0.4 is 9.80 Å². The monoisotopic (exact) mass is 660 g/mol. The zero-order valence-corrected chi connectivity index (χ0v) is 30.7. The number of fused-ring (bicyclic) bond motifs is 8. The number of aryl methyl sites for hydroxylation is 2. The Balaban J connectivity index is 1.52. The average Bonchev–Trinajstić information content (AvgIpc) is 3.12. The number of rotatable bonds is 2. The molecule has 0 saturated carbocycles. The molecule has 1 aliphatic heterocycles. The van der Waals surface area contributed by atoms with Gasteiger partial charge in [-0.2, -0.15) is 0 Å². The molecule has 9 rings (SSSR count). The van der Waals surface area contributed by atoms with Crippen molar-refractivity contribution in [2.45, 2.75) is 59.3 Å². The molecule has 0 N–H and O–H groups in total. The molecule has 2 heteroatoms. The highest BCUT2D eigenvalue weighted by Crippen LogP contribution is 2.52. The first-order valence-corrected chi connectivity index (χ1v) is 18.2. The lowest BCUT2D eigenvalue weighted by Crippen LogP contribution is -2.22. The predicted octanol–water partition coefficient (Wildman–Crippen LogP) is 14.1. The van der Waals surface area contributed by atoms with Crippen molar-refractivity contribution in [1.29, 1.82) is 0 Å². The Hall–Kier alpha value is -5.60. The smallest absolute Gasteiger partial charge is 0.0561 e. The fraction of sp³-hybridized carbons (Fsp3) is 0.184. The summed E-state index contributed by atoms with van der Waals surface area (Å²) in [5.74, 6) is 0. The number of para-hydroxylation sites is 2. The van der Waals surface area contributed by atoms with E-state index >= 15 is 0 Å². The lowest BCUT2D eigenvalue weighted by molar-refractivity contribution is 0.591. The lowest BCUT2D eigenvalue weighted by Gasteiger charge is -2.36. The summed E-state index contributed by atoms with van der Waals surface area (Å²) >= 11 is 0.